The highest BCUT2D eigenvalue weighted by Gasteiger charge is 2.21. The minimum Gasteiger partial charge on any atom is -0.443 e. The van der Waals surface area contributed by atoms with Gasteiger partial charge in [-0.15, -0.1) is 0 Å². The molecule has 1 saturated heterocycles. The highest BCUT2D eigenvalue weighted by atomic mass is 16.3. The van der Waals surface area contributed by atoms with Crippen LogP contribution in [0.5, 0.6) is 0 Å². The standard InChI is InChI=1S/C13H15N3O2/c17-13(11-2-1-5-14-11)15-7-9-3-4-10-12(6-9)18-8-16-10/h3-4,6,8,11,14H,1-2,5,7H2,(H,15,17). The molecule has 0 aliphatic carbocycles. The Hall–Kier alpha value is -1.88. The third kappa shape index (κ3) is 2.22. The van der Waals surface area contributed by atoms with Gasteiger partial charge in [0, 0.05) is 6.54 Å². The minimum absolute atomic E-state index is 0.0287. The summed E-state index contributed by atoms with van der Waals surface area (Å²) in [7, 11) is 0. The SMILES string of the molecule is O=C(NCc1ccc2ncoc2c1)C1CCCN1. The third-order valence-electron chi connectivity index (χ3n) is 3.24. The quantitative estimate of drug-likeness (QED) is 0.852. The van der Waals surface area contributed by atoms with Crippen molar-refractivity contribution in [1.82, 2.24) is 15.6 Å². The molecular weight excluding hydrogens is 230 g/mol. The number of hydrogen-bond donors (Lipinski definition) is 2. The zero-order valence-corrected chi connectivity index (χ0v) is 9.98. The summed E-state index contributed by atoms with van der Waals surface area (Å²) in [6.07, 6.45) is 3.42. The second-order valence-corrected chi connectivity index (χ2v) is 4.52. The Morgan fingerprint density at radius 1 is 1.56 bits per heavy atom. The zero-order chi connectivity index (χ0) is 12.4. The molecule has 0 radical (unpaired) electrons. The predicted octanol–water partition coefficient (Wildman–Crippen LogP) is 1.20. The van der Waals surface area contributed by atoms with E-state index in [9.17, 15) is 4.79 Å². The summed E-state index contributed by atoms with van der Waals surface area (Å²) >= 11 is 0. The van der Waals surface area contributed by atoms with Crippen molar-refractivity contribution in [2.75, 3.05) is 6.54 Å². The maximum absolute atomic E-state index is 11.8. The molecule has 1 atom stereocenters. The number of rotatable bonds is 3. The average molecular weight is 245 g/mol. The molecule has 1 aromatic heterocycles. The smallest absolute Gasteiger partial charge is 0.237 e. The van der Waals surface area contributed by atoms with Crippen LogP contribution in [0.1, 0.15) is 18.4 Å². The molecule has 94 valence electrons. The Balaban J connectivity index is 1.63. The van der Waals surface area contributed by atoms with E-state index in [1.165, 1.54) is 6.39 Å². The van der Waals surface area contributed by atoms with Crippen molar-refractivity contribution in [1.29, 1.82) is 0 Å². The summed E-state index contributed by atoms with van der Waals surface area (Å²) in [5, 5.41) is 6.11. The molecule has 1 amide bonds. The van der Waals surface area contributed by atoms with E-state index in [1.54, 1.807) is 0 Å². The molecular formula is C13H15N3O2. The second-order valence-electron chi connectivity index (χ2n) is 4.52. The van der Waals surface area contributed by atoms with Crippen molar-refractivity contribution in [2.45, 2.75) is 25.4 Å². The maximum Gasteiger partial charge on any atom is 0.237 e. The summed E-state index contributed by atoms with van der Waals surface area (Å²) < 4.78 is 5.23. The van der Waals surface area contributed by atoms with Crippen LogP contribution in [0.15, 0.2) is 29.0 Å². The lowest BCUT2D eigenvalue weighted by atomic mass is 10.2. The number of carbonyl (C=O) groups excluding carboxylic acids is 1. The van der Waals surface area contributed by atoms with Crippen LogP contribution in [0.4, 0.5) is 0 Å². The van der Waals surface area contributed by atoms with E-state index in [4.69, 9.17) is 4.42 Å². The van der Waals surface area contributed by atoms with Crippen LogP contribution in [-0.4, -0.2) is 23.5 Å². The Labute approximate surface area is 105 Å². The van der Waals surface area contributed by atoms with Crippen LogP contribution >= 0.6 is 0 Å². The zero-order valence-electron chi connectivity index (χ0n) is 9.98. The van der Waals surface area contributed by atoms with E-state index in [1.807, 2.05) is 18.2 Å². The van der Waals surface area contributed by atoms with Gasteiger partial charge in [0.05, 0.1) is 6.04 Å². The van der Waals surface area contributed by atoms with Gasteiger partial charge in [-0.3, -0.25) is 4.79 Å². The van der Waals surface area contributed by atoms with Gasteiger partial charge in [0.2, 0.25) is 5.91 Å². The lowest BCUT2D eigenvalue weighted by molar-refractivity contribution is -0.122. The van der Waals surface area contributed by atoms with Gasteiger partial charge >= 0.3 is 0 Å². The topological polar surface area (TPSA) is 67.2 Å². The lowest BCUT2D eigenvalue weighted by Gasteiger charge is -2.10. The van der Waals surface area contributed by atoms with E-state index in [2.05, 4.69) is 15.6 Å². The molecule has 0 spiro atoms. The number of aromatic nitrogens is 1. The van der Waals surface area contributed by atoms with Gasteiger partial charge in [-0.25, -0.2) is 4.98 Å². The summed E-state index contributed by atoms with van der Waals surface area (Å²) in [4.78, 5) is 15.9. The second kappa shape index (κ2) is 4.78. The average Bonchev–Trinajstić information content (AvgIpc) is 3.05. The molecule has 3 rings (SSSR count). The molecule has 5 nitrogen and oxygen atoms in total. The van der Waals surface area contributed by atoms with Gasteiger partial charge in [0.25, 0.3) is 0 Å². The summed E-state index contributed by atoms with van der Waals surface area (Å²) in [6.45, 7) is 1.45. The van der Waals surface area contributed by atoms with Crippen LogP contribution in [-0.2, 0) is 11.3 Å². The maximum atomic E-state index is 11.8. The van der Waals surface area contributed by atoms with E-state index in [-0.39, 0.29) is 11.9 Å². The fourth-order valence-electron chi connectivity index (χ4n) is 2.23. The monoisotopic (exact) mass is 245 g/mol. The normalized spacial score (nSPS) is 19.2. The van der Waals surface area contributed by atoms with Gasteiger partial charge in [-0.2, -0.15) is 0 Å². The number of hydrogen-bond acceptors (Lipinski definition) is 4. The Morgan fingerprint density at radius 2 is 2.50 bits per heavy atom. The van der Waals surface area contributed by atoms with Crippen molar-refractivity contribution in [3.05, 3.63) is 30.2 Å². The van der Waals surface area contributed by atoms with Crippen LogP contribution in [0.25, 0.3) is 11.1 Å². The number of carbonyl (C=O) groups is 1. The van der Waals surface area contributed by atoms with Gasteiger partial charge in [0.15, 0.2) is 12.0 Å². The molecule has 1 aromatic carbocycles. The molecule has 2 N–H and O–H groups in total. The largest absolute Gasteiger partial charge is 0.443 e. The van der Waals surface area contributed by atoms with Gasteiger partial charge < -0.3 is 15.1 Å². The van der Waals surface area contributed by atoms with Crippen molar-refractivity contribution in [2.24, 2.45) is 0 Å². The lowest BCUT2D eigenvalue weighted by Crippen LogP contribution is -2.39. The van der Waals surface area contributed by atoms with Gasteiger partial charge in [0.1, 0.15) is 5.52 Å². The van der Waals surface area contributed by atoms with Crippen LogP contribution < -0.4 is 10.6 Å². The first-order valence-corrected chi connectivity index (χ1v) is 6.16. The Morgan fingerprint density at radius 3 is 3.33 bits per heavy atom. The molecule has 5 heteroatoms. The fourth-order valence-corrected chi connectivity index (χ4v) is 2.23. The van der Waals surface area contributed by atoms with Crippen molar-refractivity contribution in [3.63, 3.8) is 0 Å². The van der Waals surface area contributed by atoms with Crippen LogP contribution in [0.2, 0.25) is 0 Å². The highest BCUT2D eigenvalue weighted by molar-refractivity contribution is 5.82. The first kappa shape index (κ1) is 11.2. The number of fused-ring (bicyclic) bond motifs is 1. The third-order valence-corrected chi connectivity index (χ3v) is 3.24. The van der Waals surface area contributed by atoms with Crippen molar-refractivity contribution < 1.29 is 9.21 Å². The summed E-state index contributed by atoms with van der Waals surface area (Å²) in [5.41, 5.74) is 2.61. The van der Waals surface area contributed by atoms with Crippen LogP contribution in [0, 0.1) is 0 Å². The van der Waals surface area contributed by atoms with Crippen molar-refractivity contribution in [3.8, 4) is 0 Å². The first-order valence-electron chi connectivity index (χ1n) is 6.16. The molecule has 18 heavy (non-hydrogen) atoms. The van der Waals surface area contributed by atoms with E-state index < -0.39 is 0 Å². The highest BCUT2D eigenvalue weighted by Crippen LogP contribution is 2.14. The fraction of sp³-hybridized carbons (Fsp3) is 0.385. The number of nitrogens with zero attached hydrogens (tertiary/aromatic N) is 1. The van der Waals surface area contributed by atoms with E-state index in [0.29, 0.717) is 6.54 Å². The van der Waals surface area contributed by atoms with E-state index >= 15 is 0 Å². The minimum atomic E-state index is -0.0287. The summed E-state index contributed by atoms with van der Waals surface area (Å²) in [6, 6.07) is 5.73. The number of oxazole rings is 1. The molecule has 0 bridgehead atoms. The van der Waals surface area contributed by atoms with Crippen LogP contribution in [0.3, 0.4) is 0 Å². The predicted molar refractivity (Wildman–Crippen MR) is 66.9 cm³/mol. The molecule has 1 aliphatic rings. The first-order chi connectivity index (χ1) is 8.83. The van der Waals surface area contributed by atoms with Crippen molar-refractivity contribution >= 4 is 17.0 Å². The molecule has 2 aromatic rings. The molecule has 1 unspecified atom stereocenters. The number of nitrogens with one attached hydrogen (secondary N) is 2. The van der Waals surface area contributed by atoms with Gasteiger partial charge in [-0.1, -0.05) is 6.07 Å². The Bertz CT molecular complexity index is 558. The molecule has 1 fully saturated rings. The van der Waals surface area contributed by atoms with Gasteiger partial charge in [-0.05, 0) is 37.1 Å². The molecule has 1 aliphatic heterocycles. The summed E-state index contributed by atoms with van der Waals surface area (Å²) in [5.74, 6) is 0.0742. The number of amides is 1. The number of benzene rings is 1. The molecule has 2 heterocycles. The molecule has 0 saturated carbocycles. The van der Waals surface area contributed by atoms with E-state index in [0.717, 1.165) is 36.0 Å². The Kier molecular flexibility index (Phi) is 2.98.